The van der Waals surface area contributed by atoms with Gasteiger partial charge in [0.05, 0.1) is 5.92 Å². The molecule has 3 aromatic rings. The van der Waals surface area contributed by atoms with Gasteiger partial charge in [-0.25, -0.2) is 4.39 Å². The Morgan fingerprint density at radius 3 is 2.64 bits per heavy atom. The van der Waals surface area contributed by atoms with Gasteiger partial charge in [-0.05, 0) is 36.8 Å². The topological polar surface area (TPSA) is 93.5 Å². The highest BCUT2D eigenvalue weighted by Gasteiger charge is 2.67. The summed E-state index contributed by atoms with van der Waals surface area (Å²) in [5.74, 6) is -0.964. The molecule has 7 nitrogen and oxygen atoms in total. The third kappa shape index (κ3) is 3.34. The molecule has 2 heterocycles. The second-order valence-electron chi connectivity index (χ2n) is 8.45. The maximum Gasteiger partial charge on any atom is 0.256 e. The summed E-state index contributed by atoms with van der Waals surface area (Å²) >= 11 is 0. The first-order valence-corrected chi connectivity index (χ1v) is 10.7. The zero-order valence-corrected chi connectivity index (χ0v) is 17.8. The molecule has 0 bridgehead atoms. The second-order valence-corrected chi connectivity index (χ2v) is 8.45. The van der Waals surface area contributed by atoms with E-state index >= 15 is 0 Å². The Labute approximate surface area is 189 Å². The molecule has 4 atom stereocenters. The van der Waals surface area contributed by atoms with E-state index in [-0.39, 0.29) is 17.3 Å². The van der Waals surface area contributed by atoms with Gasteiger partial charge < -0.3 is 10.1 Å². The zero-order chi connectivity index (χ0) is 23.2. The standard InChI is InChI=1S/C25H22FN3O4/c1-15-22(18-9-2-5-12-21(18)33-14-16-7-6-8-17(26)13-16)23(29(31)32)25(28-15)19-10-3-4-11-20(19)27-24(25)30/h2-13,15,22-23,28H,14H2,1H3,(H,27,30)/t15-,22+,23+,25-/m0/s1. The number of para-hydroxylation sites is 2. The predicted octanol–water partition coefficient (Wildman–Crippen LogP) is 3.97. The van der Waals surface area contributed by atoms with Crippen LogP contribution in [0.25, 0.3) is 0 Å². The molecule has 3 aromatic carbocycles. The van der Waals surface area contributed by atoms with Crippen molar-refractivity contribution >= 4 is 11.6 Å². The molecule has 1 spiro atoms. The van der Waals surface area contributed by atoms with Crippen LogP contribution in [0.4, 0.5) is 10.1 Å². The Morgan fingerprint density at radius 2 is 1.85 bits per heavy atom. The smallest absolute Gasteiger partial charge is 0.256 e. The van der Waals surface area contributed by atoms with Gasteiger partial charge in [-0.15, -0.1) is 0 Å². The van der Waals surface area contributed by atoms with Crippen LogP contribution in [0.3, 0.4) is 0 Å². The third-order valence-corrected chi connectivity index (χ3v) is 6.52. The van der Waals surface area contributed by atoms with Crippen molar-refractivity contribution in [2.45, 2.75) is 37.1 Å². The van der Waals surface area contributed by atoms with Gasteiger partial charge in [-0.2, -0.15) is 0 Å². The number of benzene rings is 3. The monoisotopic (exact) mass is 447 g/mol. The van der Waals surface area contributed by atoms with Gasteiger partial charge in [0.15, 0.2) is 5.54 Å². The molecule has 0 unspecified atom stereocenters. The van der Waals surface area contributed by atoms with Crippen molar-refractivity contribution in [2.24, 2.45) is 0 Å². The second kappa shape index (κ2) is 7.97. The molecule has 168 valence electrons. The van der Waals surface area contributed by atoms with Crippen molar-refractivity contribution in [3.8, 4) is 5.75 Å². The van der Waals surface area contributed by atoms with Crippen LogP contribution in [0.15, 0.2) is 72.8 Å². The summed E-state index contributed by atoms with van der Waals surface area (Å²) < 4.78 is 19.6. The van der Waals surface area contributed by atoms with Crippen LogP contribution in [0.1, 0.15) is 29.5 Å². The highest BCUT2D eigenvalue weighted by Crippen LogP contribution is 2.50. The molecule has 2 aliphatic heterocycles. The average molecular weight is 447 g/mol. The number of carbonyl (C=O) groups is 1. The molecule has 5 rings (SSSR count). The number of ether oxygens (including phenoxy) is 1. The number of rotatable bonds is 5. The molecular formula is C25H22FN3O4. The fourth-order valence-electron chi connectivity index (χ4n) is 5.20. The minimum atomic E-state index is -1.49. The molecule has 2 aliphatic rings. The van der Waals surface area contributed by atoms with E-state index in [0.29, 0.717) is 28.1 Å². The van der Waals surface area contributed by atoms with E-state index in [4.69, 9.17) is 4.74 Å². The van der Waals surface area contributed by atoms with Gasteiger partial charge in [0.25, 0.3) is 11.9 Å². The van der Waals surface area contributed by atoms with Crippen LogP contribution < -0.4 is 15.4 Å². The largest absolute Gasteiger partial charge is 0.489 e. The minimum Gasteiger partial charge on any atom is -0.489 e. The Morgan fingerprint density at radius 1 is 1.09 bits per heavy atom. The number of amides is 1. The minimum absolute atomic E-state index is 0.112. The summed E-state index contributed by atoms with van der Waals surface area (Å²) in [5.41, 5.74) is 0.938. The number of carbonyl (C=O) groups excluding carboxylic acids is 1. The van der Waals surface area contributed by atoms with Crippen molar-refractivity contribution in [1.82, 2.24) is 5.32 Å². The van der Waals surface area contributed by atoms with Gasteiger partial charge in [0.2, 0.25) is 0 Å². The lowest BCUT2D eigenvalue weighted by Gasteiger charge is -2.26. The lowest BCUT2D eigenvalue weighted by molar-refractivity contribution is -0.532. The number of nitrogens with one attached hydrogen (secondary N) is 2. The van der Waals surface area contributed by atoms with Crippen LogP contribution in [-0.2, 0) is 16.9 Å². The van der Waals surface area contributed by atoms with Crippen molar-refractivity contribution in [1.29, 1.82) is 0 Å². The average Bonchev–Trinajstić information content (AvgIpc) is 3.26. The zero-order valence-electron chi connectivity index (χ0n) is 17.8. The van der Waals surface area contributed by atoms with E-state index in [1.54, 1.807) is 60.7 Å². The molecule has 0 aromatic heterocycles. The number of hydrogen-bond donors (Lipinski definition) is 2. The van der Waals surface area contributed by atoms with Crippen LogP contribution in [0.2, 0.25) is 0 Å². The van der Waals surface area contributed by atoms with Gasteiger partial charge in [-0.1, -0.05) is 48.5 Å². The van der Waals surface area contributed by atoms with E-state index in [2.05, 4.69) is 10.6 Å². The number of anilines is 1. The molecule has 0 radical (unpaired) electrons. The number of fused-ring (bicyclic) bond motifs is 2. The van der Waals surface area contributed by atoms with Gasteiger partial charge in [0, 0.05) is 27.8 Å². The van der Waals surface area contributed by atoms with Crippen LogP contribution in [0, 0.1) is 15.9 Å². The first-order valence-electron chi connectivity index (χ1n) is 10.7. The lowest BCUT2D eigenvalue weighted by atomic mass is 9.78. The molecule has 0 saturated carbocycles. The molecule has 1 saturated heterocycles. The lowest BCUT2D eigenvalue weighted by Crippen LogP contribution is -2.54. The summed E-state index contributed by atoms with van der Waals surface area (Å²) in [7, 11) is 0. The Bertz CT molecular complexity index is 1250. The summed E-state index contributed by atoms with van der Waals surface area (Å²) in [6, 6.07) is 18.6. The predicted molar refractivity (Wildman–Crippen MR) is 120 cm³/mol. The van der Waals surface area contributed by atoms with Gasteiger partial charge >= 0.3 is 0 Å². The third-order valence-electron chi connectivity index (χ3n) is 6.52. The molecule has 33 heavy (non-hydrogen) atoms. The SMILES string of the molecule is C[C@@H]1N[C@]2(C(=O)Nc3ccccc32)[C@H]([N+](=O)[O-])[C@H]1c1ccccc1OCc1cccc(F)c1. The summed E-state index contributed by atoms with van der Waals surface area (Å²) in [4.78, 5) is 25.3. The van der Waals surface area contributed by atoms with Crippen molar-refractivity contribution in [3.05, 3.63) is 105 Å². The maximum absolute atomic E-state index is 13.6. The highest BCUT2D eigenvalue weighted by atomic mass is 19.1. The first-order chi connectivity index (χ1) is 15.9. The van der Waals surface area contributed by atoms with Crippen molar-refractivity contribution < 1.29 is 18.8 Å². The fourth-order valence-corrected chi connectivity index (χ4v) is 5.20. The summed E-state index contributed by atoms with van der Waals surface area (Å²) in [6.45, 7) is 1.95. The number of hydrogen-bond acceptors (Lipinski definition) is 5. The molecule has 1 fully saturated rings. The summed E-state index contributed by atoms with van der Waals surface area (Å²) in [6.07, 6.45) is 0. The van der Waals surface area contributed by atoms with Crippen molar-refractivity contribution in [2.75, 3.05) is 5.32 Å². The Balaban J connectivity index is 1.55. The van der Waals surface area contributed by atoms with Crippen LogP contribution in [0.5, 0.6) is 5.75 Å². The number of halogens is 1. The van der Waals surface area contributed by atoms with E-state index < -0.39 is 29.4 Å². The van der Waals surface area contributed by atoms with E-state index in [1.807, 2.05) is 6.92 Å². The number of nitrogens with zero attached hydrogens (tertiary/aromatic N) is 1. The van der Waals surface area contributed by atoms with Gasteiger partial charge in [-0.3, -0.25) is 20.2 Å². The normalized spacial score (nSPS) is 25.6. The number of nitro groups is 1. The van der Waals surface area contributed by atoms with Crippen molar-refractivity contribution in [3.63, 3.8) is 0 Å². The van der Waals surface area contributed by atoms with E-state index in [1.165, 1.54) is 12.1 Å². The molecule has 1 amide bonds. The first kappa shape index (κ1) is 21.1. The maximum atomic E-state index is 13.6. The molecular weight excluding hydrogens is 425 g/mol. The van der Waals surface area contributed by atoms with Crippen LogP contribution in [-0.4, -0.2) is 22.9 Å². The summed E-state index contributed by atoms with van der Waals surface area (Å²) in [5, 5.41) is 18.5. The van der Waals surface area contributed by atoms with Crippen LogP contribution >= 0.6 is 0 Å². The van der Waals surface area contributed by atoms with E-state index in [9.17, 15) is 19.3 Å². The Hall–Kier alpha value is -3.78. The molecule has 8 heteroatoms. The van der Waals surface area contributed by atoms with E-state index in [0.717, 1.165) is 0 Å². The Kier molecular flexibility index (Phi) is 5.09. The fraction of sp³-hybridized carbons (Fsp3) is 0.240. The quantitative estimate of drug-likeness (QED) is 0.456. The molecule has 2 N–H and O–H groups in total. The van der Waals surface area contributed by atoms with Gasteiger partial charge in [0.1, 0.15) is 18.2 Å². The highest BCUT2D eigenvalue weighted by molar-refractivity contribution is 6.07. The molecule has 0 aliphatic carbocycles.